The van der Waals surface area contributed by atoms with Crippen molar-refractivity contribution in [2.24, 2.45) is 23.7 Å². The minimum Gasteiger partial charge on any atom is -0.351 e. The van der Waals surface area contributed by atoms with Crippen LogP contribution in [-0.4, -0.2) is 21.7 Å². The minimum absolute atomic E-state index is 0.154. The summed E-state index contributed by atoms with van der Waals surface area (Å²) in [7, 11) is 0. The average molecular weight is 327 g/mol. The van der Waals surface area contributed by atoms with Gasteiger partial charge in [0.2, 0.25) is 5.91 Å². The maximum Gasteiger partial charge on any atom is 0.435 e. The van der Waals surface area contributed by atoms with Gasteiger partial charge >= 0.3 is 6.18 Å². The van der Waals surface area contributed by atoms with E-state index in [0.717, 1.165) is 22.6 Å². The molecule has 7 heteroatoms. The predicted molar refractivity (Wildman–Crippen MR) is 76.2 cm³/mol. The molecule has 1 N–H and O–H groups in total. The fourth-order valence-corrected chi connectivity index (χ4v) is 5.14. The lowest BCUT2D eigenvalue weighted by molar-refractivity contribution is -0.141. The van der Waals surface area contributed by atoms with Crippen LogP contribution in [0.5, 0.6) is 0 Å². The maximum absolute atomic E-state index is 12.5. The molecule has 0 atom stereocenters. The van der Waals surface area contributed by atoms with Crippen molar-refractivity contribution in [2.75, 3.05) is 0 Å². The molecule has 23 heavy (non-hydrogen) atoms. The number of nitrogens with zero attached hydrogens (tertiary/aromatic N) is 2. The summed E-state index contributed by atoms with van der Waals surface area (Å²) in [6, 6.07) is 1.10. The highest BCUT2D eigenvalue weighted by molar-refractivity contribution is 5.76. The zero-order chi connectivity index (χ0) is 16.2. The van der Waals surface area contributed by atoms with E-state index >= 15 is 0 Å². The molecule has 0 unspecified atom stereocenters. The maximum atomic E-state index is 12.5. The first-order valence-electron chi connectivity index (χ1n) is 8.28. The van der Waals surface area contributed by atoms with Crippen LogP contribution in [0.1, 0.15) is 37.8 Å². The van der Waals surface area contributed by atoms with Gasteiger partial charge in [-0.1, -0.05) is 0 Å². The Morgan fingerprint density at radius 2 is 1.78 bits per heavy atom. The summed E-state index contributed by atoms with van der Waals surface area (Å²) in [5.41, 5.74) is -0.958. The van der Waals surface area contributed by atoms with Crippen molar-refractivity contribution < 1.29 is 18.0 Å². The third-order valence-corrected chi connectivity index (χ3v) is 5.79. The molecule has 5 rings (SSSR count). The molecule has 4 aliphatic carbocycles. The second-order valence-electron chi connectivity index (χ2n) is 7.42. The second kappa shape index (κ2) is 5.24. The number of rotatable bonds is 3. The number of alkyl halides is 3. The standard InChI is InChI=1S/C16H20F3N3O/c17-16(18,19)13-1-2-22(21-13)8-14(23)20-15-11-4-9-3-10(6-11)7-12(15)5-9/h1-2,9-12,15H,3-8H2,(H,20,23). The molecule has 0 spiro atoms. The number of halogens is 3. The second-order valence-corrected chi connectivity index (χ2v) is 7.42. The summed E-state index contributed by atoms with van der Waals surface area (Å²) in [5.74, 6) is 2.52. The molecular formula is C16H20F3N3O. The van der Waals surface area contributed by atoms with Gasteiger partial charge in [0.15, 0.2) is 5.69 Å². The first kappa shape index (κ1) is 15.0. The molecule has 0 radical (unpaired) electrons. The normalized spacial score (nSPS) is 35.5. The van der Waals surface area contributed by atoms with E-state index in [1.54, 1.807) is 0 Å². The lowest BCUT2D eigenvalue weighted by Gasteiger charge is -2.54. The molecule has 1 aromatic heterocycles. The van der Waals surface area contributed by atoms with Crippen LogP contribution >= 0.6 is 0 Å². The van der Waals surface area contributed by atoms with Gasteiger partial charge < -0.3 is 5.32 Å². The molecule has 0 aromatic carbocycles. The Labute approximate surface area is 132 Å². The molecule has 1 amide bonds. The van der Waals surface area contributed by atoms with E-state index in [1.807, 2.05) is 0 Å². The topological polar surface area (TPSA) is 46.9 Å². The highest BCUT2D eigenvalue weighted by atomic mass is 19.4. The highest BCUT2D eigenvalue weighted by Crippen LogP contribution is 2.53. The van der Waals surface area contributed by atoms with E-state index in [0.29, 0.717) is 11.8 Å². The highest BCUT2D eigenvalue weighted by Gasteiger charge is 2.48. The summed E-state index contributed by atoms with van der Waals surface area (Å²) < 4.78 is 38.7. The number of carbonyl (C=O) groups is 1. The molecule has 4 fully saturated rings. The Morgan fingerprint density at radius 1 is 1.17 bits per heavy atom. The largest absolute Gasteiger partial charge is 0.435 e. The summed E-state index contributed by atoms with van der Waals surface area (Å²) in [5, 5.41) is 6.51. The van der Waals surface area contributed by atoms with Crippen LogP contribution in [0.3, 0.4) is 0 Å². The van der Waals surface area contributed by atoms with Crippen molar-refractivity contribution in [1.29, 1.82) is 0 Å². The van der Waals surface area contributed by atoms with Crippen LogP contribution in [0, 0.1) is 23.7 Å². The Kier molecular flexibility index (Phi) is 3.43. The quantitative estimate of drug-likeness (QED) is 0.928. The van der Waals surface area contributed by atoms with E-state index in [2.05, 4.69) is 10.4 Å². The smallest absolute Gasteiger partial charge is 0.351 e. The molecule has 4 bridgehead atoms. The van der Waals surface area contributed by atoms with Crippen LogP contribution in [0.4, 0.5) is 13.2 Å². The van der Waals surface area contributed by atoms with Crippen LogP contribution in [0.2, 0.25) is 0 Å². The number of amides is 1. The first-order valence-corrected chi connectivity index (χ1v) is 8.28. The molecule has 4 nitrogen and oxygen atoms in total. The van der Waals surface area contributed by atoms with Crippen molar-refractivity contribution >= 4 is 5.91 Å². The van der Waals surface area contributed by atoms with E-state index in [4.69, 9.17) is 0 Å². The van der Waals surface area contributed by atoms with Gasteiger partial charge in [-0.2, -0.15) is 18.3 Å². The lowest BCUT2D eigenvalue weighted by atomic mass is 9.54. The first-order chi connectivity index (χ1) is 10.9. The van der Waals surface area contributed by atoms with Crippen molar-refractivity contribution in [2.45, 2.75) is 50.9 Å². The van der Waals surface area contributed by atoms with Crippen molar-refractivity contribution in [3.8, 4) is 0 Å². The van der Waals surface area contributed by atoms with E-state index in [1.165, 1.54) is 38.3 Å². The fourth-order valence-electron chi connectivity index (χ4n) is 5.14. The van der Waals surface area contributed by atoms with Gasteiger partial charge in [0.1, 0.15) is 6.54 Å². The molecule has 4 aliphatic rings. The number of nitrogens with one attached hydrogen (secondary N) is 1. The van der Waals surface area contributed by atoms with E-state index in [-0.39, 0.29) is 18.5 Å². The molecule has 0 aliphatic heterocycles. The number of hydrogen-bond acceptors (Lipinski definition) is 2. The Hall–Kier alpha value is -1.53. The third-order valence-electron chi connectivity index (χ3n) is 5.79. The average Bonchev–Trinajstić information content (AvgIpc) is 2.90. The molecule has 1 heterocycles. The summed E-state index contributed by atoms with van der Waals surface area (Å²) in [4.78, 5) is 12.2. The summed E-state index contributed by atoms with van der Waals surface area (Å²) >= 11 is 0. The molecular weight excluding hydrogens is 307 g/mol. The van der Waals surface area contributed by atoms with Crippen molar-refractivity contribution in [3.05, 3.63) is 18.0 Å². The zero-order valence-corrected chi connectivity index (χ0v) is 12.7. The van der Waals surface area contributed by atoms with Crippen LogP contribution in [0.25, 0.3) is 0 Å². The number of aromatic nitrogens is 2. The SMILES string of the molecule is O=C(Cn1ccc(C(F)(F)F)n1)NC1C2CC3CC(C2)CC1C3. The van der Waals surface area contributed by atoms with Gasteiger partial charge in [0, 0.05) is 12.2 Å². The minimum atomic E-state index is -4.47. The molecule has 1 aromatic rings. The van der Waals surface area contributed by atoms with Gasteiger partial charge in [0.25, 0.3) is 0 Å². The van der Waals surface area contributed by atoms with Gasteiger partial charge in [-0.15, -0.1) is 0 Å². The van der Waals surface area contributed by atoms with Crippen LogP contribution in [0.15, 0.2) is 12.3 Å². The summed E-state index contributed by atoms with van der Waals surface area (Å²) in [6.45, 7) is -0.154. The van der Waals surface area contributed by atoms with Gasteiger partial charge in [-0.25, -0.2) is 0 Å². The Bertz CT molecular complexity index is 582. The summed E-state index contributed by atoms with van der Waals surface area (Å²) in [6.07, 6.45) is 2.86. The van der Waals surface area contributed by atoms with Gasteiger partial charge in [-0.3, -0.25) is 9.48 Å². The monoisotopic (exact) mass is 327 g/mol. The number of carbonyl (C=O) groups excluding carboxylic acids is 1. The van der Waals surface area contributed by atoms with E-state index in [9.17, 15) is 18.0 Å². The van der Waals surface area contributed by atoms with Crippen molar-refractivity contribution in [3.63, 3.8) is 0 Å². The molecule has 4 saturated carbocycles. The Balaban J connectivity index is 1.38. The van der Waals surface area contributed by atoms with Crippen LogP contribution in [-0.2, 0) is 17.5 Å². The molecule has 0 saturated heterocycles. The van der Waals surface area contributed by atoms with Gasteiger partial charge in [-0.05, 0) is 61.8 Å². The Morgan fingerprint density at radius 3 is 2.30 bits per heavy atom. The predicted octanol–water partition coefficient (Wildman–Crippen LogP) is 2.84. The van der Waals surface area contributed by atoms with Crippen molar-refractivity contribution in [1.82, 2.24) is 15.1 Å². The van der Waals surface area contributed by atoms with Gasteiger partial charge in [0.05, 0.1) is 0 Å². The number of hydrogen-bond donors (Lipinski definition) is 1. The van der Waals surface area contributed by atoms with Crippen LogP contribution < -0.4 is 5.32 Å². The third kappa shape index (κ3) is 2.85. The fraction of sp³-hybridized carbons (Fsp3) is 0.750. The van der Waals surface area contributed by atoms with E-state index < -0.39 is 11.9 Å². The zero-order valence-electron chi connectivity index (χ0n) is 12.7. The lowest BCUT2D eigenvalue weighted by Crippen LogP contribution is -2.56. The molecule has 126 valence electrons.